The summed E-state index contributed by atoms with van der Waals surface area (Å²) in [7, 11) is 0. The molecule has 3 nitrogen and oxygen atoms in total. The highest BCUT2D eigenvalue weighted by molar-refractivity contribution is 5.71. The van der Waals surface area contributed by atoms with E-state index in [-0.39, 0.29) is 23.4 Å². The molecule has 0 spiro atoms. The predicted molar refractivity (Wildman–Crippen MR) is 85.8 cm³/mol. The Bertz CT molecular complexity index is 551. The molecule has 1 aromatic rings. The van der Waals surface area contributed by atoms with Gasteiger partial charge in [-0.3, -0.25) is 4.79 Å². The monoisotopic (exact) mass is 302 g/mol. The Hall–Kier alpha value is -1.51. The molecule has 2 aliphatic carbocycles. The van der Waals surface area contributed by atoms with Crippen LogP contribution in [-0.4, -0.2) is 17.7 Å². The summed E-state index contributed by atoms with van der Waals surface area (Å²) < 4.78 is 5.78. The molecule has 0 aromatic heterocycles. The molecule has 0 radical (unpaired) electrons. The van der Waals surface area contributed by atoms with Crippen molar-refractivity contribution in [2.45, 2.75) is 40.0 Å². The van der Waals surface area contributed by atoms with Gasteiger partial charge in [0, 0.05) is 0 Å². The van der Waals surface area contributed by atoms with Crippen molar-refractivity contribution in [1.82, 2.24) is 0 Å². The minimum Gasteiger partial charge on any atom is -0.493 e. The number of carbonyl (C=O) groups is 1. The Morgan fingerprint density at radius 1 is 1.32 bits per heavy atom. The van der Waals surface area contributed by atoms with Gasteiger partial charge in [-0.05, 0) is 54.1 Å². The summed E-state index contributed by atoms with van der Waals surface area (Å²) in [6, 6.07) is 9.51. The minimum atomic E-state index is -0.717. The Morgan fingerprint density at radius 2 is 2.00 bits per heavy atom. The molecular formula is C19H26O3. The van der Waals surface area contributed by atoms with Crippen molar-refractivity contribution >= 4 is 5.97 Å². The molecule has 22 heavy (non-hydrogen) atoms. The largest absolute Gasteiger partial charge is 0.493 e. The highest BCUT2D eigenvalue weighted by Gasteiger charge is 2.63. The molecule has 0 saturated heterocycles. The van der Waals surface area contributed by atoms with Crippen LogP contribution in [0.4, 0.5) is 0 Å². The summed E-state index contributed by atoms with van der Waals surface area (Å²) in [4.78, 5) is 11.9. The average molecular weight is 302 g/mol. The summed E-state index contributed by atoms with van der Waals surface area (Å²) in [5, 5.41) is 9.74. The summed E-state index contributed by atoms with van der Waals surface area (Å²) in [6.07, 6.45) is 3.41. The number of hydrogen-bond donors (Lipinski definition) is 1. The zero-order valence-corrected chi connectivity index (χ0v) is 13.7. The van der Waals surface area contributed by atoms with Crippen LogP contribution in [0.3, 0.4) is 0 Å². The molecule has 2 aliphatic rings. The Balaban J connectivity index is 1.77. The van der Waals surface area contributed by atoms with E-state index >= 15 is 0 Å². The van der Waals surface area contributed by atoms with Crippen molar-refractivity contribution in [3.63, 3.8) is 0 Å². The summed E-state index contributed by atoms with van der Waals surface area (Å²) >= 11 is 0. The van der Waals surface area contributed by atoms with E-state index < -0.39 is 11.9 Å². The average Bonchev–Trinajstić information content (AvgIpc) is 2.81. The maximum Gasteiger partial charge on any atom is 0.310 e. The second kappa shape index (κ2) is 5.29. The summed E-state index contributed by atoms with van der Waals surface area (Å²) in [6.45, 7) is 7.20. The van der Waals surface area contributed by atoms with Gasteiger partial charge in [0.05, 0.1) is 5.92 Å². The van der Waals surface area contributed by atoms with Gasteiger partial charge in [-0.2, -0.15) is 0 Å². The van der Waals surface area contributed by atoms with Gasteiger partial charge in [-0.15, -0.1) is 0 Å². The van der Waals surface area contributed by atoms with Gasteiger partial charge in [0.15, 0.2) is 0 Å². The van der Waals surface area contributed by atoms with Crippen LogP contribution >= 0.6 is 0 Å². The van der Waals surface area contributed by atoms with Crippen molar-refractivity contribution < 1.29 is 14.6 Å². The van der Waals surface area contributed by atoms with E-state index in [2.05, 4.69) is 20.8 Å². The number of carboxylic acid groups (broad SMARTS) is 1. The highest BCUT2D eigenvalue weighted by Crippen LogP contribution is 2.69. The van der Waals surface area contributed by atoms with Crippen molar-refractivity contribution in [2.24, 2.45) is 28.6 Å². The molecule has 2 bridgehead atoms. The first kappa shape index (κ1) is 15.4. The fourth-order valence-corrected chi connectivity index (χ4v) is 4.94. The Kier molecular flexibility index (Phi) is 3.70. The van der Waals surface area contributed by atoms with E-state index in [1.807, 2.05) is 30.3 Å². The van der Waals surface area contributed by atoms with Gasteiger partial charge in [-0.25, -0.2) is 0 Å². The van der Waals surface area contributed by atoms with Crippen LogP contribution in [0.5, 0.6) is 5.75 Å². The fraction of sp³-hybridized carbons (Fsp3) is 0.632. The predicted octanol–water partition coefficient (Wildman–Crippen LogP) is 4.23. The molecule has 4 atom stereocenters. The van der Waals surface area contributed by atoms with Crippen LogP contribution in [0.25, 0.3) is 0 Å². The number of para-hydroxylation sites is 1. The highest BCUT2D eigenvalue weighted by atomic mass is 16.5. The molecular weight excluding hydrogens is 276 g/mol. The fourth-order valence-electron chi connectivity index (χ4n) is 4.94. The lowest BCUT2D eigenvalue weighted by Crippen LogP contribution is -2.40. The third kappa shape index (κ3) is 2.22. The summed E-state index contributed by atoms with van der Waals surface area (Å²) in [5.41, 5.74) is 0.346. The lowest BCUT2D eigenvalue weighted by molar-refractivity contribution is -0.147. The van der Waals surface area contributed by atoms with Crippen molar-refractivity contribution in [3.8, 4) is 5.75 Å². The zero-order chi connectivity index (χ0) is 16.0. The third-order valence-corrected chi connectivity index (χ3v) is 6.84. The van der Waals surface area contributed by atoms with E-state index in [1.165, 1.54) is 6.42 Å². The van der Waals surface area contributed by atoms with Gasteiger partial charge in [0.25, 0.3) is 0 Å². The van der Waals surface area contributed by atoms with Crippen LogP contribution in [0.2, 0.25) is 0 Å². The third-order valence-electron chi connectivity index (χ3n) is 6.84. The van der Waals surface area contributed by atoms with Gasteiger partial charge < -0.3 is 9.84 Å². The van der Waals surface area contributed by atoms with Crippen LogP contribution < -0.4 is 4.74 Å². The number of rotatable bonds is 5. The van der Waals surface area contributed by atoms with E-state index in [0.717, 1.165) is 18.6 Å². The Morgan fingerprint density at radius 3 is 2.50 bits per heavy atom. The number of hydrogen-bond acceptors (Lipinski definition) is 2. The molecule has 3 heteroatoms. The number of benzene rings is 1. The lowest BCUT2D eigenvalue weighted by Gasteiger charge is -2.41. The second-order valence-corrected chi connectivity index (χ2v) is 7.79. The number of fused-ring (bicyclic) bond motifs is 2. The molecule has 1 N–H and O–H groups in total. The molecule has 120 valence electrons. The van der Waals surface area contributed by atoms with Crippen molar-refractivity contribution in [1.29, 1.82) is 0 Å². The normalized spacial score (nSPS) is 33.6. The van der Waals surface area contributed by atoms with Crippen LogP contribution in [0.1, 0.15) is 40.0 Å². The lowest BCUT2D eigenvalue weighted by atomic mass is 9.63. The zero-order valence-electron chi connectivity index (χ0n) is 13.7. The first-order valence-corrected chi connectivity index (χ1v) is 8.27. The second-order valence-electron chi connectivity index (χ2n) is 7.79. The molecule has 0 aliphatic heterocycles. The standard InChI is InChI=1S/C19H26O3/c1-18(2)13-9-10-19(18,3)16(11-13)15(17(20)21)12-22-14-7-5-4-6-8-14/h4-8,13,15-16H,9-12H2,1-3H3,(H,20,21). The minimum absolute atomic E-state index is 0.112. The van der Waals surface area contributed by atoms with E-state index in [9.17, 15) is 9.90 Å². The maximum atomic E-state index is 11.9. The topological polar surface area (TPSA) is 46.5 Å². The van der Waals surface area contributed by atoms with Crippen LogP contribution in [0, 0.1) is 28.6 Å². The first-order valence-electron chi connectivity index (χ1n) is 8.27. The number of carboxylic acids is 1. The van der Waals surface area contributed by atoms with Gasteiger partial charge in [0.1, 0.15) is 12.4 Å². The molecule has 1 aromatic carbocycles. The molecule has 4 unspecified atom stereocenters. The maximum absolute atomic E-state index is 11.9. The molecule has 0 amide bonds. The van der Waals surface area contributed by atoms with Crippen LogP contribution in [-0.2, 0) is 4.79 Å². The van der Waals surface area contributed by atoms with E-state index in [4.69, 9.17) is 4.74 Å². The quantitative estimate of drug-likeness (QED) is 0.885. The SMILES string of the molecule is CC1(C)C2CCC1(C)C(C(COc1ccccc1)C(=O)O)C2. The van der Waals surface area contributed by atoms with E-state index in [1.54, 1.807) is 0 Å². The first-order chi connectivity index (χ1) is 10.4. The smallest absolute Gasteiger partial charge is 0.310 e. The molecule has 2 fully saturated rings. The van der Waals surface area contributed by atoms with Crippen LogP contribution in [0.15, 0.2) is 30.3 Å². The molecule has 2 saturated carbocycles. The van der Waals surface area contributed by atoms with E-state index in [0.29, 0.717) is 5.92 Å². The van der Waals surface area contributed by atoms with Gasteiger partial charge >= 0.3 is 5.97 Å². The number of ether oxygens (including phenoxy) is 1. The van der Waals surface area contributed by atoms with Gasteiger partial charge in [0.2, 0.25) is 0 Å². The van der Waals surface area contributed by atoms with Gasteiger partial charge in [-0.1, -0.05) is 39.0 Å². The molecule has 3 rings (SSSR count). The number of aliphatic carboxylic acids is 1. The van der Waals surface area contributed by atoms with Crippen molar-refractivity contribution in [3.05, 3.63) is 30.3 Å². The Labute approximate surface area is 132 Å². The summed E-state index contributed by atoms with van der Waals surface area (Å²) in [5.74, 6) is 0.477. The molecule has 0 heterocycles. The van der Waals surface area contributed by atoms with Crippen molar-refractivity contribution in [2.75, 3.05) is 6.61 Å².